The monoisotopic (exact) mass is 363 g/mol. The van der Waals surface area contributed by atoms with Gasteiger partial charge in [-0.25, -0.2) is 4.98 Å². The predicted octanol–water partition coefficient (Wildman–Crippen LogP) is 3.10. The van der Waals surface area contributed by atoms with E-state index in [9.17, 15) is 0 Å². The van der Waals surface area contributed by atoms with Crippen LogP contribution >= 0.6 is 0 Å². The minimum absolute atomic E-state index is 0.700. The molecule has 148 valence electrons. The van der Waals surface area contributed by atoms with Crippen LogP contribution in [0.5, 0.6) is 0 Å². The zero-order chi connectivity index (χ0) is 18.9. The molecule has 2 heterocycles. The number of oxazole rings is 1. The summed E-state index contributed by atoms with van der Waals surface area (Å²) in [5.41, 5.74) is 1.01. The zero-order valence-electron chi connectivity index (χ0n) is 17.3. The lowest BCUT2D eigenvalue weighted by molar-refractivity contribution is 0.164. The molecule has 1 saturated heterocycles. The van der Waals surface area contributed by atoms with Crippen molar-refractivity contribution in [3.05, 3.63) is 17.3 Å². The van der Waals surface area contributed by atoms with Crippen molar-refractivity contribution in [2.45, 2.75) is 59.9 Å². The maximum absolute atomic E-state index is 5.71. The van der Waals surface area contributed by atoms with E-state index in [0.717, 1.165) is 61.9 Å². The first-order valence-corrected chi connectivity index (χ1v) is 10.1. The number of aryl methyl sites for hydroxylation is 2. The quantitative estimate of drug-likeness (QED) is 0.549. The lowest BCUT2D eigenvalue weighted by atomic mass is 9.97. The summed E-state index contributed by atoms with van der Waals surface area (Å²) < 4.78 is 5.71. The van der Waals surface area contributed by atoms with Crippen molar-refractivity contribution in [2.75, 3.05) is 33.2 Å². The molecule has 0 bridgehead atoms. The molecule has 1 fully saturated rings. The van der Waals surface area contributed by atoms with E-state index < -0.39 is 0 Å². The molecule has 1 aromatic rings. The first kappa shape index (κ1) is 20.7. The van der Waals surface area contributed by atoms with E-state index in [0.29, 0.717) is 5.92 Å². The van der Waals surface area contributed by atoms with Crippen LogP contribution in [0.4, 0.5) is 0 Å². The molecule has 0 aliphatic carbocycles. The second-order valence-corrected chi connectivity index (χ2v) is 7.49. The number of hydrogen-bond acceptors (Lipinski definition) is 4. The van der Waals surface area contributed by atoms with Crippen LogP contribution in [0.15, 0.2) is 9.41 Å². The fourth-order valence-electron chi connectivity index (χ4n) is 3.43. The highest BCUT2D eigenvalue weighted by atomic mass is 16.4. The van der Waals surface area contributed by atoms with Crippen LogP contribution in [0.2, 0.25) is 0 Å². The standard InChI is InChI=1S/C20H37N5O/c1-6-17(7-2)12-22-20(21-5)23-13-18-8-10-25(11-9-18)14-19-24-15(3)16(4)26-19/h17-18H,6-14H2,1-5H3,(H2,21,22,23). The van der Waals surface area contributed by atoms with E-state index in [-0.39, 0.29) is 0 Å². The number of likely N-dealkylation sites (tertiary alicyclic amines) is 1. The summed E-state index contributed by atoms with van der Waals surface area (Å²) in [6.07, 6.45) is 4.83. The summed E-state index contributed by atoms with van der Waals surface area (Å²) >= 11 is 0. The minimum atomic E-state index is 0.700. The van der Waals surface area contributed by atoms with E-state index in [1.807, 2.05) is 20.9 Å². The van der Waals surface area contributed by atoms with Crippen molar-refractivity contribution in [1.82, 2.24) is 20.5 Å². The fraction of sp³-hybridized carbons (Fsp3) is 0.800. The summed E-state index contributed by atoms with van der Waals surface area (Å²) in [6, 6.07) is 0. The molecule has 2 rings (SSSR count). The number of guanidine groups is 1. The van der Waals surface area contributed by atoms with Gasteiger partial charge in [0.15, 0.2) is 5.96 Å². The number of aliphatic imine (C=N–C) groups is 1. The van der Waals surface area contributed by atoms with Gasteiger partial charge in [-0.05, 0) is 51.6 Å². The third-order valence-corrected chi connectivity index (χ3v) is 5.63. The number of nitrogens with zero attached hydrogens (tertiary/aromatic N) is 3. The van der Waals surface area contributed by atoms with Crippen LogP contribution < -0.4 is 10.6 Å². The van der Waals surface area contributed by atoms with E-state index in [1.54, 1.807) is 0 Å². The highest BCUT2D eigenvalue weighted by Gasteiger charge is 2.21. The number of piperidine rings is 1. The van der Waals surface area contributed by atoms with Gasteiger partial charge in [0.25, 0.3) is 0 Å². The van der Waals surface area contributed by atoms with Crippen LogP contribution in [-0.4, -0.2) is 49.1 Å². The Morgan fingerprint density at radius 1 is 1.23 bits per heavy atom. The molecule has 26 heavy (non-hydrogen) atoms. The molecule has 0 radical (unpaired) electrons. The summed E-state index contributed by atoms with van der Waals surface area (Å²) in [5, 5.41) is 6.98. The highest BCUT2D eigenvalue weighted by molar-refractivity contribution is 5.79. The minimum Gasteiger partial charge on any atom is -0.444 e. The van der Waals surface area contributed by atoms with Crippen molar-refractivity contribution in [1.29, 1.82) is 0 Å². The summed E-state index contributed by atoms with van der Waals surface area (Å²) in [6.45, 7) is 13.5. The Labute approximate surface area is 158 Å². The number of aromatic nitrogens is 1. The van der Waals surface area contributed by atoms with Gasteiger partial charge in [-0.15, -0.1) is 0 Å². The topological polar surface area (TPSA) is 65.7 Å². The smallest absolute Gasteiger partial charge is 0.208 e. The maximum atomic E-state index is 5.71. The number of rotatable bonds is 8. The molecule has 1 aliphatic heterocycles. The van der Waals surface area contributed by atoms with Crippen molar-refractivity contribution < 1.29 is 4.42 Å². The first-order chi connectivity index (χ1) is 12.5. The molecule has 0 unspecified atom stereocenters. The Morgan fingerprint density at radius 2 is 1.92 bits per heavy atom. The Balaban J connectivity index is 1.67. The van der Waals surface area contributed by atoms with E-state index in [2.05, 4.69) is 39.4 Å². The van der Waals surface area contributed by atoms with Gasteiger partial charge in [-0.2, -0.15) is 0 Å². The second-order valence-electron chi connectivity index (χ2n) is 7.49. The van der Waals surface area contributed by atoms with Gasteiger partial charge in [-0.3, -0.25) is 9.89 Å². The van der Waals surface area contributed by atoms with Gasteiger partial charge in [0.2, 0.25) is 5.89 Å². The van der Waals surface area contributed by atoms with Crippen molar-refractivity contribution >= 4 is 5.96 Å². The first-order valence-electron chi connectivity index (χ1n) is 10.1. The van der Waals surface area contributed by atoms with Crippen LogP contribution in [-0.2, 0) is 6.54 Å². The third-order valence-electron chi connectivity index (χ3n) is 5.63. The molecule has 0 saturated carbocycles. The molecule has 0 spiro atoms. The molecule has 6 nitrogen and oxygen atoms in total. The molecule has 0 atom stereocenters. The zero-order valence-corrected chi connectivity index (χ0v) is 17.3. The van der Waals surface area contributed by atoms with Crippen LogP contribution in [0.1, 0.15) is 56.9 Å². The van der Waals surface area contributed by atoms with Crippen molar-refractivity contribution in [3.63, 3.8) is 0 Å². The van der Waals surface area contributed by atoms with Crippen molar-refractivity contribution in [3.8, 4) is 0 Å². The van der Waals surface area contributed by atoms with Crippen LogP contribution in [0.3, 0.4) is 0 Å². The molecular weight excluding hydrogens is 326 g/mol. The Bertz CT molecular complexity index is 537. The third kappa shape index (κ3) is 6.31. The normalized spacial score (nSPS) is 17.1. The summed E-state index contributed by atoms with van der Waals surface area (Å²) in [5.74, 6) is 4.14. The predicted molar refractivity (Wildman–Crippen MR) is 107 cm³/mol. The van der Waals surface area contributed by atoms with Gasteiger partial charge < -0.3 is 15.1 Å². The van der Waals surface area contributed by atoms with Crippen LogP contribution in [0.25, 0.3) is 0 Å². The molecular formula is C20H37N5O. The number of hydrogen-bond donors (Lipinski definition) is 2. The average Bonchev–Trinajstić information content (AvgIpc) is 2.97. The molecule has 0 aromatic carbocycles. The Kier molecular flexibility index (Phi) is 8.42. The highest BCUT2D eigenvalue weighted by Crippen LogP contribution is 2.19. The second kappa shape index (κ2) is 10.6. The lowest BCUT2D eigenvalue weighted by Gasteiger charge is -2.31. The summed E-state index contributed by atoms with van der Waals surface area (Å²) in [7, 11) is 1.85. The number of nitrogens with one attached hydrogen (secondary N) is 2. The van der Waals surface area contributed by atoms with Gasteiger partial charge in [0.05, 0.1) is 12.2 Å². The van der Waals surface area contributed by atoms with Crippen LogP contribution in [0, 0.1) is 25.7 Å². The van der Waals surface area contributed by atoms with E-state index >= 15 is 0 Å². The maximum Gasteiger partial charge on any atom is 0.208 e. The largest absolute Gasteiger partial charge is 0.444 e. The molecule has 1 aliphatic rings. The molecule has 2 N–H and O–H groups in total. The SMILES string of the molecule is CCC(CC)CNC(=NC)NCC1CCN(Cc2nc(C)c(C)o2)CC1. The lowest BCUT2D eigenvalue weighted by Crippen LogP contribution is -2.43. The molecule has 6 heteroatoms. The molecule has 0 amide bonds. The average molecular weight is 364 g/mol. The van der Waals surface area contributed by atoms with Gasteiger partial charge in [-0.1, -0.05) is 26.7 Å². The van der Waals surface area contributed by atoms with Gasteiger partial charge in [0, 0.05) is 20.1 Å². The Hall–Kier alpha value is -1.56. The summed E-state index contributed by atoms with van der Waals surface area (Å²) in [4.78, 5) is 11.3. The van der Waals surface area contributed by atoms with E-state index in [4.69, 9.17) is 4.42 Å². The molecule has 1 aromatic heterocycles. The van der Waals surface area contributed by atoms with Crippen molar-refractivity contribution in [2.24, 2.45) is 16.8 Å². The van der Waals surface area contributed by atoms with Gasteiger partial charge in [0.1, 0.15) is 5.76 Å². The van der Waals surface area contributed by atoms with E-state index in [1.165, 1.54) is 25.7 Å². The Morgan fingerprint density at radius 3 is 2.46 bits per heavy atom. The van der Waals surface area contributed by atoms with Gasteiger partial charge >= 0.3 is 0 Å². The fourth-order valence-corrected chi connectivity index (χ4v) is 3.43.